The van der Waals surface area contributed by atoms with Crippen LogP contribution in [-0.4, -0.2) is 36.0 Å². The largest absolute Gasteiger partial charge is 0.481 e. The van der Waals surface area contributed by atoms with Crippen molar-refractivity contribution in [2.75, 3.05) is 26.1 Å². The van der Waals surface area contributed by atoms with Gasteiger partial charge in [0, 0.05) is 17.5 Å². The van der Waals surface area contributed by atoms with E-state index < -0.39 is 10.7 Å². The van der Waals surface area contributed by atoms with Gasteiger partial charge >= 0.3 is 5.69 Å². The molecule has 1 saturated heterocycles. The van der Waals surface area contributed by atoms with Crippen LogP contribution in [0.15, 0.2) is 6.07 Å². The van der Waals surface area contributed by atoms with Crippen LogP contribution in [0, 0.1) is 10.1 Å². The van der Waals surface area contributed by atoms with Crippen LogP contribution in [0.25, 0.3) is 0 Å². The number of hydrogen-bond donors (Lipinski definition) is 1. The van der Waals surface area contributed by atoms with E-state index in [-0.39, 0.29) is 23.3 Å². The average molecular weight is 283 g/mol. The molecule has 1 aliphatic rings. The SMILES string of the molecule is COc1cc(C2COC(C)(C)OC2)c([N+](=O)[O-])c(N)n1. The van der Waals surface area contributed by atoms with Crippen LogP contribution in [0.3, 0.4) is 0 Å². The fourth-order valence-electron chi connectivity index (χ4n) is 2.04. The Labute approximate surface area is 116 Å². The highest BCUT2D eigenvalue weighted by molar-refractivity contribution is 5.60. The summed E-state index contributed by atoms with van der Waals surface area (Å²) in [4.78, 5) is 14.5. The number of ether oxygens (including phenoxy) is 3. The monoisotopic (exact) mass is 283 g/mol. The molecule has 0 saturated carbocycles. The fraction of sp³-hybridized carbons (Fsp3) is 0.583. The van der Waals surface area contributed by atoms with E-state index in [9.17, 15) is 10.1 Å². The Hall–Kier alpha value is -1.93. The summed E-state index contributed by atoms with van der Waals surface area (Å²) in [5.74, 6) is -0.918. The van der Waals surface area contributed by atoms with Crippen molar-refractivity contribution in [1.82, 2.24) is 4.98 Å². The molecule has 0 unspecified atom stereocenters. The number of aromatic nitrogens is 1. The minimum absolute atomic E-state index is 0.172. The summed E-state index contributed by atoms with van der Waals surface area (Å²) >= 11 is 0. The summed E-state index contributed by atoms with van der Waals surface area (Å²) in [6.45, 7) is 4.19. The lowest BCUT2D eigenvalue weighted by Gasteiger charge is -2.34. The number of pyridine rings is 1. The first-order valence-corrected chi connectivity index (χ1v) is 6.11. The molecule has 20 heavy (non-hydrogen) atoms. The van der Waals surface area contributed by atoms with Gasteiger partial charge in [-0.15, -0.1) is 0 Å². The molecule has 0 atom stereocenters. The van der Waals surface area contributed by atoms with Crippen molar-refractivity contribution in [3.63, 3.8) is 0 Å². The second-order valence-corrected chi connectivity index (χ2v) is 4.96. The highest BCUT2D eigenvalue weighted by Crippen LogP contribution is 2.37. The van der Waals surface area contributed by atoms with Gasteiger partial charge in [0.05, 0.1) is 25.2 Å². The zero-order chi connectivity index (χ0) is 14.9. The zero-order valence-electron chi connectivity index (χ0n) is 11.6. The van der Waals surface area contributed by atoms with Crippen LogP contribution < -0.4 is 10.5 Å². The van der Waals surface area contributed by atoms with Crippen LogP contribution in [0.1, 0.15) is 25.3 Å². The third-order valence-electron chi connectivity index (χ3n) is 3.12. The zero-order valence-corrected chi connectivity index (χ0v) is 11.6. The number of nitrogens with two attached hydrogens (primary N) is 1. The predicted molar refractivity (Wildman–Crippen MR) is 70.6 cm³/mol. The number of hydrogen-bond acceptors (Lipinski definition) is 7. The second-order valence-electron chi connectivity index (χ2n) is 4.96. The molecule has 2 N–H and O–H groups in total. The Bertz CT molecular complexity index is 522. The number of rotatable bonds is 3. The number of anilines is 1. The van der Waals surface area contributed by atoms with E-state index in [0.29, 0.717) is 18.8 Å². The molecular formula is C12H17N3O5. The first-order valence-electron chi connectivity index (χ1n) is 6.11. The second kappa shape index (κ2) is 5.22. The summed E-state index contributed by atoms with van der Waals surface area (Å²) in [5, 5.41) is 11.2. The van der Waals surface area contributed by atoms with Gasteiger partial charge in [-0.2, -0.15) is 4.98 Å². The van der Waals surface area contributed by atoms with Crippen LogP contribution >= 0.6 is 0 Å². The van der Waals surface area contributed by atoms with Gasteiger partial charge in [0.1, 0.15) is 0 Å². The lowest BCUT2D eigenvalue weighted by atomic mass is 9.98. The molecule has 0 spiro atoms. The van der Waals surface area contributed by atoms with E-state index in [1.807, 2.05) is 0 Å². The van der Waals surface area contributed by atoms with Gasteiger partial charge in [0.25, 0.3) is 0 Å². The molecule has 1 fully saturated rings. The van der Waals surface area contributed by atoms with Gasteiger partial charge in [0.2, 0.25) is 11.7 Å². The Morgan fingerprint density at radius 3 is 2.60 bits per heavy atom. The first kappa shape index (κ1) is 14.5. The molecule has 0 bridgehead atoms. The standard InChI is InChI=1S/C12H17N3O5/c1-12(2)19-5-7(6-20-12)8-4-9(18-3)14-11(13)10(8)15(16)17/h4,7H,5-6H2,1-3H3,(H2,13,14). The highest BCUT2D eigenvalue weighted by Gasteiger charge is 2.34. The number of methoxy groups -OCH3 is 1. The Morgan fingerprint density at radius 2 is 2.10 bits per heavy atom. The van der Waals surface area contributed by atoms with Crippen molar-refractivity contribution in [3.05, 3.63) is 21.7 Å². The molecule has 1 aromatic rings. The van der Waals surface area contributed by atoms with Crippen molar-refractivity contribution in [2.45, 2.75) is 25.6 Å². The Balaban J connectivity index is 2.39. The summed E-state index contributed by atoms with van der Waals surface area (Å²) in [5.41, 5.74) is 5.84. The van der Waals surface area contributed by atoms with Gasteiger partial charge in [-0.25, -0.2) is 0 Å². The molecule has 0 aliphatic carbocycles. The van der Waals surface area contributed by atoms with Crippen molar-refractivity contribution in [2.24, 2.45) is 0 Å². The molecule has 2 heterocycles. The molecule has 0 aromatic carbocycles. The minimum atomic E-state index is -0.687. The third-order valence-corrected chi connectivity index (χ3v) is 3.12. The Kier molecular flexibility index (Phi) is 3.78. The molecule has 2 rings (SSSR count). The maximum absolute atomic E-state index is 11.2. The lowest BCUT2D eigenvalue weighted by molar-refractivity contribution is -0.385. The molecule has 1 aromatic heterocycles. The molecule has 0 radical (unpaired) electrons. The average Bonchev–Trinajstić information content (AvgIpc) is 2.37. The van der Waals surface area contributed by atoms with E-state index in [1.54, 1.807) is 13.8 Å². The number of nitrogen functional groups attached to an aromatic ring is 1. The summed E-state index contributed by atoms with van der Waals surface area (Å²) in [6, 6.07) is 1.50. The summed E-state index contributed by atoms with van der Waals surface area (Å²) < 4.78 is 16.1. The van der Waals surface area contributed by atoms with Gasteiger partial charge in [-0.3, -0.25) is 10.1 Å². The van der Waals surface area contributed by atoms with E-state index in [1.165, 1.54) is 13.2 Å². The summed E-state index contributed by atoms with van der Waals surface area (Å²) in [6.07, 6.45) is 0. The van der Waals surface area contributed by atoms with Crippen LogP contribution in [0.4, 0.5) is 11.5 Å². The van der Waals surface area contributed by atoms with Gasteiger partial charge in [-0.05, 0) is 13.8 Å². The highest BCUT2D eigenvalue weighted by atomic mass is 16.7. The quantitative estimate of drug-likeness (QED) is 0.660. The smallest absolute Gasteiger partial charge is 0.315 e. The topological polar surface area (TPSA) is 110 Å². The fourth-order valence-corrected chi connectivity index (χ4v) is 2.04. The van der Waals surface area contributed by atoms with Crippen molar-refractivity contribution >= 4 is 11.5 Å². The van der Waals surface area contributed by atoms with Crippen molar-refractivity contribution in [3.8, 4) is 5.88 Å². The van der Waals surface area contributed by atoms with E-state index >= 15 is 0 Å². The maximum atomic E-state index is 11.2. The van der Waals surface area contributed by atoms with Gasteiger partial charge in [-0.1, -0.05) is 0 Å². The maximum Gasteiger partial charge on any atom is 0.315 e. The molecule has 110 valence electrons. The molecule has 1 aliphatic heterocycles. The Morgan fingerprint density at radius 1 is 1.50 bits per heavy atom. The van der Waals surface area contributed by atoms with E-state index in [4.69, 9.17) is 19.9 Å². The van der Waals surface area contributed by atoms with Crippen LogP contribution in [0.5, 0.6) is 5.88 Å². The lowest BCUT2D eigenvalue weighted by Crippen LogP contribution is -2.38. The molecule has 0 amide bonds. The third kappa shape index (κ3) is 2.81. The molecule has 8 nitrogen and oxygen atoms in total. The van der Waals surface area contributed by atoms with Crippen LogP contribution in [0.2, 0.25) is 0 Å². The normalized spacial score (nSPS) is 18.8. The van der Waals surface area contributed by atoms with Gasteiger partial charge in [0.15, 0.2) is 5.79 Å². The number of nitrogens with zero attached hydrogens (tertiary/aromatic N) is 2. The number of nitro groups is 1. The van der Waals surface area contributed by atoms with Crippen molar-refractivity contribution < 1.29 is 19.1 Å². The minimum Gasteiger partial charge on any atom is -0.481 e. The van der Waals surface area contributed by atoms with E-state index in [0.717, 1.165) is 0 Å². The van der Waals surface area contributed by atoms with Crippen molar-refractivity contribution in [1.29, 1.82) is 0 Å². The predicted octanol–water partition coefficient (Wildman–Crippen LogP) is 1.45. The first-order chi connectivity index (χ1) is 9.34. The summed E-state index contributed by atoms with van der Waals surface area (Å²) in [7, 11) is 1.42. The molecule has 8 heteroatoms. The van der Waals surface area contributed by atoms with Gasteiger partial charge < -0.3 is 19.9 Å². The molecular weight excluding hydrogens is 266 g/mol. The van der Waals surface area contributed by atoms with E-state index in [2.05, 4.69) is 4.98 Å². The van der Waals surface area contributed by atoms with Crippen LogP contribution in [-0.2, 0) is 9.47 Å².